The van der Waals surface area contributed by atoms with Crippen LogP contribution >= 0.6 is 0 Å². The summed E-state index contributed by atoms with van der Waals surface area (Å²) in [5.41, 5.74) is 5.18. The van der Waals surface area contributed by atoms with Crippen LogP contribution in [0.4, 0.5) is 5.69 Å². The van der Waals surface area contributed by atoms with Crippen molar-refractivity contribution in [2.24, 2.45) is 12.0 Å². The molecule has 0 unspecified atom stereocenters. The summed E-state index contributed by atoms with van der Waals surface area (Å²) in [5, 5.41) is 0. The molecule has 0 saturated carbocycles. The molecule has 0 aliphatic heterocycles. The predicted molar refractivity (Wildman–Crippen MR) is 89.3 cm³/mol. The molecule has 1 aromatic heterocycles. The van der Waals surface area contributed by atoms with E-state index >= 15 is 0 Å². The zero-order valence-electron chi connectivity index (χ0n) is 13.3. The summed E-state index contributed by atoms with van der Waals surface area (Å²) >= 11 is 0. The first-order valence-corrected chi connectivity index (χ1v) is 7.24. The van der Waals surface area contributed by atoms with Crippen LogP contribution in [-0.4, -0.2) is 6.21 Å². The average molecular weight is 374 g/mol. The minimum atomic E-state index is 0. The van der Waals surface area contributed by atoms with E-state index in [4.69, 9.17) is 0 Å². The van der Waals surface area contributed by atoms with Crippen molar-refractivity contribution in [2.75, 3.05) is 0 Å². The van der Waals surface area contributed by atoms with Crippen LogP contribution in [-0.2, 0) is 39.8 Å². The van der Waals surface area contributed by atoms with Crippen molar-refractivity contribution in [3.05, 3.63) is 84.1 Å². The van der Waals surface area contributed by atoms with Gasteiger partial charge in [-0.1, -0.05) is 41.6 Å². The third-order valence-corrected chi connectivity index (χ3v) is 3.57. The number of benzene rings is 2. The molecule has 0 bridgehead atoms. The van der Waals surface area contributed by atoms with Crippen molar-refractivity contribution in [3.63, 3.8) is 0 Å². The monoisotopic (exact) mass is 374 g/mol. The maximum Gasteiger partial charge on any atom is 0.115 e. The van der Waals surface area contributed by atoms with Gasteiger partial charge in [0.25, 0.3) is 0 Å². The summed E-state index contributed by atoms with van der Waals surface area (Å²) < 4.78 is 2.07. The molecule has 0 spiro atoms. The van der Waals surface area contributed by atoms with Crippen molar-refractivity contribution in [1.82, 2.24) is 0 Å². The van der Waals surface area contributed by atoms with Gasteiger partial charge in [-0.05, 0) is 18.7 Å². The van der Waals surface area contributed by atoms with Crippen LogP contribution in [0.1, 0.15) is 11.1 Å². The smallest absolute Gasteiger partial charge is 0.115 e. The predicted octanol–water partition coefficient (Wildman–Crippen LogP) is 3.91. The Morgan fingerprint density at radius 2 is 1.70 bits per heavy atom. The number of hydrogen-bond donors (Lipinski definition) is 0. The van der Waals surface area contributed by atoms with Crippen molar-refractivity contribution in [3.8, 4) is 11.3 Å². The summed E-state index contributed by atoms with van der Waals surface area (Å²) in [6, 6.07) is 23.3. The van der Waals surface area contributed by atoms with Gasteiger partial charge in [0.15, 0.2) is 0 Å². The van der Waals surface area contributed by atoms with Gasteiger partial charge in [-0.15, -0.1) is 35.9 Å². The van der Waals surface area contributed by atoms with Crippen molar-refractivity contribution in [2.45, 2.75) is 6.92 Å². The topological polar surface area (TPSA) is 16.2 Å². The average Bonchev–Trinajstić information content (AvgIpc) is 2.55. The van der Waals surface area contributed by atoms with Crippen molar-refractivity contribution in [1.29, 1.82) is 0 Å². The van der Waals surface area contributed by atoms with Gasteiger partial charge in [0, 0.05) is 32.7 Å². The SMILES string of the molecule is Cc1ccccc1-c1c(N=[C-]c2ccccc2)[c-]cc[n+]1C.[Y]. The summed E-state index contributed by atoms with van der Waals surface area (Å²) in [7, 11) is 2.02. The van der Waals surface area contributed by atoms with Gasteiger partial charge in [0.05, 0.1) is 11.9 Å². The number of pyridine rings is 1. The Hall–Kier alpha value is -1.64. The molecule has 111 valence electrons. The molecule has 0 aliphatic rings. The molecule has 0 fully saturated rings. The van der Waals surface area contributed by atoms with E-state index < -0.39 is 0 Å². The Balaban J connectivity index is 0.00000192. The van der Waals surface area contributed by atoms with Crippen LogP contribution < -0.4 is 4.57 Å². The summed E-state index contributed by atoms with van der Waals surface area (Å²) in [4.78, 5) is 4.53. The maximum absolute atomic E-state index is 4.53. The number of aliphatic imine (C=N–C) groups is 1. The van der Waals surface area contributed by atoms with E-state index in [9.17, 15) is 0 Å². The third kappa shape index (κ3) is 4.22. The molecule has 23 heavy (non-hydrogen) atoms. The molecule has 3 heteroatoms. The first-order valence-electron chi connectivity index (χ1n) is 7.24. The van der Waals surface area contributed by atoms with E-state index in [2.05, 4.69) is 40.9 Å². The largest absolute Gasteiger partial charge is 0.371 e. The fraction of sp³-hybridized carbons (Fsp3) is 0.100. The molecule has 1 radical (unpaired) electrons. The van der Waals surface area contributed by atoms with Gasteiger partial charge >= 0.3 is 0 Å². The van der Waals surface area contributed by atoms with Gasteiger partial charge in [-0.3, -0.25) is 0 Å². The minimum Gasteiger partial charge on any atom is -0.371 e. The van der Waals surface area contributed by atoms with Gasteiger partial charge in [-0.2, -0.15) is 6.07 Å². The van der Waals surface area contributed by atoms with Crippen molar-refractivity contribution < 1.29 is 37.3 Å². The van der Waals surface area contributed by atoms with Crippen LogP contribution in [0.3, 0.4) is 0 Å². The Labute approximate surface area is 162 Å². The molecule has 2 nitrogen and oxygen atoms in total. The van der Waals surface area contributed by atoms with Crippen LogP contribution in [0.2, 0.25) is 0 Å². The summed E-state index contributed by atoms with van der Waals surface area (Å²) in [6.07, 6.45) is 5.09. The van der Waals surface area contributed by atoms with E-state index in [1.807, 2.05) is 61.8 Å². The second kappa shape index (κ2) is 8.28. The quantitative estimate of drug-likeness (QED) is 0.376. The first-order chi connectivity index (χ1) is 10.8. The van der Waals surface area contributed by atoms with Crippen molar-refractivity contribution >= 4 is 11.9 Å². The van der Waals surface area contributed by atoms with Crippen LogP contribution in [0.15, 0.2) is 71.9 Å². The summed E-state index contributed by atoms with van der Waals surface area (Å²) in [6.45, 7) is 2.11. The second-order valence-electron chi connectivity index (χ2n) is 5.17. The van der Waals surface area contributed by atoms with Crippen LogP contribution in [0.5, 0.6) is 0 Å². The molecular weight excluding hydrogens is 357 g/mol. The molecular formula is C20H17N2Y-. The van der Waals surface area contributed by atoms with Gasteiger partial charge < -0.3 is 9.56 Å². The fourth-order valence-corrected chi connectivity index (χ4v) is 2.41. The Morgan fingerprint density at radius 1 is 1.00 bits per heavy atom. The number of rotatable bonds is 3. The third-order valence-electron chi connectivity index (χ3n) is 3.57. The molecule has 0 N–H and O–H groups in total. The molecule has 0 atom stereocenters. The Bertz CT molecular complexity index is 811. The number of hydrogen-bond acceptors (Lipinski definition) is 1. The normalized spacial score (nSPS) is 10.5. The second-order valence-corrected chi connectivity index (χ2v) is 5.17. The zero-order valence-corrected chi connectivity index (χ0v) is 16.2. The summed E-state index contributed by atoms with van der Waals surface area (Å²) in [5.74, 6) is 0. The minimum absolute atomic E-state index is 0. The number of aromatic nitrogens is 1. The standard InChI is InChI=1S/C20H17N2.Y/c1-16-9-6-7-12-18(16)20-19(13-8-14-22(20)2)21-15-17-10-4-3-5-11-17;/h3-12,14H,1-2H3;/q-1;. The van der Waals surface area contributed by atoms with Gasteiger partial charge in [-0.25, -0.2) is 0 Å². The Kier molecular flexibility index (Phi) is 6.38. The van der Waals surface area contributed by atoms with E-state index in [0.29, 0.717) is 0 Å². The zero-order chi connectivity index (χ0) is 15.4. The number of nitrogens with zero attached hydrogens (tertiary/aromatic N) is 2. The van der Waals surface area contributed by atoms with E-state index in [1.54, 1.807) is 0 Å². The molecule has 3 aromatic rings. The van der Waals surface area contributed by atoms with Crippen LogP contribution in [0, 0.1) is 13.0 Å². The fourth-order valence-electron chi connectivity index (χ4n) is 2.41. The van der Waals surface area contributed by atoms with E-state index in [0.717, 1.165) is 22.5 Å². The molecule has 1 heterocycles. The molecule has 3 rings (SSSR count). The number of aryl methyl sites for hydroxylation is 2. The van der Waals surface area contributed by atoms with Gasteiger partial charge in [0.2, 0.25) is 0 Å². The van der Waals surface area contributed by atoms with E-state index in [1.165, 1.54) is 5.56 Å². The molecule has 0 aliphatic carbocycles. The molecule has 2 aromatic carbocycles. The maximum atomic E-state index is 4.53. The van der Waals surface area contributed by atoms with Gasteiger partial charge in [0.1, 0.15) is 7.05 Å². The first kappa shape index (κ1) is 17.7. The van der Waals surface area contributed by atoms with Crippen LogP contribution in [0.25, 0.3) is 11.3 Å². The molecule has 0 amide bonds. The van der Waals surface area contributed by atoms with E-state index in [-0.39, 0.29) is 32.7 Å². The Morgan fingerprint density at radius 3 is 2.43 bits per heavy atom. The molecule has 0 saturated heterocycles.